The number of carbonyl (C=O) groups is 1. The molecule has 0 aliphatic heterocycles. The summed E-state index contributed by atoms with van der Waals surface area (Å²) in [5, 5.41) is 10.4. The molecule has 6 heteroatoms. The molecule has 0 bridgehead atoms. The minimum atomic E-state index is -1.15. The zero-order chi connectivity index (χ0) is 9.14. The molecule has 4 N–H and O–H groups in total. The minimum Gasteiger partial charge on any atom is -0.465 e. The first kappa shape index (κ1) is 8.79. The van der Waals surface area contributed by atoms with E-state index in [4.69, 9.17) is 10.8 Å². The van der Waals surface area contributed by atoms with Gasteiger partial charge in [-0.25, -0.2) is 9.78 Å². The molecular weight excluding hydrogens is 226 g/mol. The molecule has 0 aliphatic carbocycles. The quantitative estimate of drug-likeness (QED) is 0.640. The molecule has 0 radical (unpaired) electrons. The van der Waals surface area contributed by atoms with Crippen LogP contribution in [-0.2, 0) is 0 Å². The highest BCUT2D eigenvalue weighted by atomic mass is 79.9. The Morgan fingerprint density at radius 3 is 2.83 bits per heavy atom. The zero-order valence-corrected chi connectivity index (χ0v) is 7.50. The molecule has 1 aromatic heterocycles. The molecule has 1 heterocycles. The summed E-state index contributed by atoms with van der Waals surface area (Å²) >= 11 is 3.07. The Kier molecular flexibility index (Phi) is 2.49. The van der Waals surface area contributed by atoms with Gasteiger partial charge in [0.05, 0.1) is 5.69 Å². The minimum absolute atomic E-state index is 0.239. The van der Waals surface area contributed by atoms with E-state index in [-0.39, 0.29) is 5.82 Å². The van der Waals surface area contributed by atoms with Gasteiger partial charge in [-0.2, -0.15) is 0 Å². The van der Waals surface area contributed by atoms with Gasteiger partial charge in [0.25, 0.3) is 0 Å². The number of amides is 1. The van der Waals surface area contributed by atoms with Crippen LogP contribution >= 0.6 is 15.9 Å². The van der Waals surface area contributed by atoms with Crippen molar-refractivity contribution in [3.8, 4) is 0 Å². The molecule has 0 unspecified atom stereocenters. The van der Waals surface area contributed by atoms with Gasteiger partial charge in [-0.05, 0) is 28.1 Å². The van der Waals surface area contributed by atoms with Crippen molar-refractivity contribution in [1.29, 1.82) is 0 Å². The SMILES string of the molecule is Nc1ccc(NC(=O)O)nc1Br. The summed E-state index contributed by atoms with van der Waals surface area (Å²) in [6.07, 6.45) is -1.15. The van der Waals surface area contributed by atoms with E-state index < -0.39 is 6.09 Å². The molecule has 0 spiro atoms. The summed E-state index contributed by atoms with van der Waals surface area (Å²) in [6.45, 7) is 0. The lowest BCUT2D eigenvalue weighted by atomic mass is 10.4. The summed E-state index contributed by atoms with van der Waals surface area (Å²) < 4.78 is 0.425. The van der Waals surface area contributed by atoms with Crippen LogP contribution in [0.25, 0.3) is 0 Å². The number of nitrogens with zero attached hydrogens (tertiary/aromatic N) is 1. The number of hydrogen-bond acceptors (Lipinski definition) is 3. The monoisotopic (exact) mass is 231 g/mol. The highest BCUT2D eigenvalue weighted by molar-refractivity contribution is 9.10. The second kappa shape index (κ2) is 3.40. The third-order valence-electron chi connectivity index (χ3n) is 1.11. The Morgan fingerprint density at radius 1 is 1.67 bits per heavy atom. The second-order valence-corrected chi connectivity index (χ2v) is 2.76. The number of aromatic nitrogens is 1. The number of pyridine rings is 1. The van der Waals surface area contributed by atoms with Crippen LogP contribution in [0.15, 0.2) is 16.7 Å². The van der Waals surface area contributed by atoms with Crippen molar-refractivity contribution in [1.82, 2.24) is 4.98 Å². The zero-order valence-electron chi connectivity index (χ0n) is 5.91. The normalized spacial score (nSPS) is 9.42. The third kappa shape index (κ3) is 2.09. The van der Waals surface area contributed by atoms with Gasteiger partial charge in [0, 0.05) is 0 Å². The maximum absolute atomic E-state index is 10.2. The summed E-state index contributed by atoms with van der Waals surface area (Å²) in [6, 6.07) is 3.04. The third-order valence-corrected chi connectivity index (χ3v) is 1.75. The van der Waals surface area contributed by atoms with Gasteiger partial charge in [0.1, 0.15) is 10.4 Å². The van der Waals surface area contributed by atoms with E-state index in [0.717, 1.165) is 0 Å². The van der Waals surface area contributed by atoms with Crippen LogP contribution in [0.4, 0.5) is 16.3 Å². The Hall–Kier alpha value is -1.30. The maximum Gasteiger partial charge on any atom is 0.410 e. The number of nitrogens with one attached hydrogen (secondary N) is 1. The molecule has 1 rings (SSSR count). The number of rotatable bonds is 1. The molecule has 12 heavy (non-hydrogen) atoms. The molecule has 0 atom stereocenters. The Balaban J connectivity index is 2.89. The Labute approximate surface area is 76.7 Å². The largest absolute Gasteiger partial charge is 0.465 e. The smallest absolute Gasteiger partial charge is 0.410 e. The predicted molar refractivity (Wildman–Crippen MR) is 48.0 cm³/mol. The first-order valence-corrected chi connectivity index (χ1v) is 3.81. The van der Waals surface area contributed by atoms with Crippen molar-refractivity contribution in [2.75, 3.05) is 11.1 Å². The topological polar surface area (TPSA) is 88.2 Å². The highest BCUT2D eigenvalue weighted by Gasteiger charge is 2.01. The molecule has 0 saturated heterocycles. The van der Waals surface area contributed by atoms with Crippen LogP contribution in [0.3, 0.4) is 0 Å². The lowest BCUT2D eigenvalue weighted by Crippen LogP contribution is -2.08. The van der Waals surface area contributed by atoms with Gasteiger partial charge in [-0.15, -0.1) is 0 Å². The molecule has 0 aromatic carbocycles. The Bertz CT molecular complexity index is 316. The van der Waals surface area contributed by atoms with Gasteiger partial charge < -0.3 is 10.8 Å². The fourth-order valence-electron chi connectivity index (χ4n) is 0.624. The lowest BCUT2D eigenvalue weighted by molar-refractivity contribution is 0.209. The number of carboxylic acid groups (broad SMARTS) is 1. The standard InChI is InChI=1S/C6H6BrN3O2/c7-5-3(8)1-2-4(9-5)10-6(11)12/h1-2H,8H2,(H,9,10)(H,11,12). The maximum atomic E-state index is 10.2. The van der Waals surface area contributed by atoms with Crippen molar-refractivity contribution in [3.05, 3.63) is 16.7 Å². The van der Waals surface area contributed by atoms with E-state index in [0.29, 0.717) is 10.3 Å². The van der Waals surface area contributed by atoms with Crippen LogP contribution in [0, 0.1) is 0 Å². The summed E-state index contributed by atoms with van der Waals surface area (Å²) in [5.41, 5.74) is 5.90. The number of halogens is 1. The van der Waals surface area contributed by atoms with Crippen LogP contribution < -0.4 is 11.1 Å². The molecule has 64 valence electrons. The molecule has 0 aliphatic rings. The summed E-state index contributed by atoms with van der Waals surface area (Å²) in [4.78, 5) is 14.0. The van der Waals surface area contributed by atoms with Gasteiger partial charge in [0.2, 0.25) is 0 Å². The molecular formula is C6H6BrN3O2. The van der Waals surface area contributed by atoms with Crippen LogP contribution in [0.1, 0.15) is 0 Å². The predicted octanol–water partition coefficient (Wildman–Crippen LogP) is 1.52. The Morgan fingerprint density at radius 2 is 2.33 bits per heavy atom. The van der Waals surface area contributed by atoms with Gasteiger partial charge in [-0.1, -0.05) is 0 Å². The van der Waals surface area contributed by atoms with E-state index in [9.17, 15) is 4.79 Å². The van der Waals surface area contributed by atoms with Gasteiger partial charge in [-0.3, -0.25) is 5.32 Å². The van der Waals surface area contributed by atoms with Crippen molar-refractivity contribution in [2.24, 2.45) is 0 Å². The fourth-order valence-corrected chi connectivity index (χ4v) is 0.947. The molecule has 1 aromatic rings. The number of nitrogens with two attached hydrogens (primary N) is 1. The van der Waals surface area contributed by atoms with Crippen molar-refractivity contribution >= 4 is 33.5 Å². The second-order valence-electron chi connectivity index (χ2n) is 2.01. The van der Waals surface area contributed by atoms with Crippen molar-refractivity contribution in [3.63, 3.8) is 0 Å². The molecule has 0 saturated carbocycles. The van der Waals surface area contributed by atoms with E-state index in [1.54, 1.807) is 6.07 Å². The summed E-state index contributed by atoms with van der Waals surface area (Å²) in [5.74, 6) is 0.239. The highest BCUT2D eigenvalue weighted by Crippen LogP contribution is 2.18. The van der Waals surface area contributed by atoms with Crippen molar-refractivity contribution < 1.29 is 9.90 Å². The number of anilines is 2. The van der Waals surface area contributed by atoms with Crippen LogP contribution in [0.2, 0.25) is 0 Å². The summed E-state index contributed by atoms with van der Waals surface area (Å²) in [7, 11) is 0. The van der Waals surface area contributed by atoms with Crippen molar-refractivity contribution in [2.45, 2.75) is 0 Å². The first-order valence-electron chi connectivity index (χ1n) is 3.01. The molecule has 5 nitrogen and oxygen atoms in total. The van der Waals surface area contributed by atoms with Gasteiger partial charge >= 0.3 is 6.09 Å². The van der Waals surface area contributed by atoms with E-state index >= 15 is 0 Å². The number of hydrogen-bond donors (Lipinski definition) is 3. The molecule has 1 amide bonds. The molecule has 0 fully saturated rings. The lowest BCUT2D eigenvalue weighted by Gasteiger charge is -2.01. The van der Waals surface area contributed by atoms with Gasteiger partial charge in [0.15, 0.2) is 0 Å². The van der Waals surface area contributed by atoms with Crippen LogP contribution in [-0.4, -0.2) is 16.2 Å². The number of nitrogen functional groups attached to an aromatic ring is 1. The van der Waals surface area contributed by atoms with E-state index in [2.05, 4.69) is 26.2 Å². The van der Waals surface area contributed by atoms with Crippen LogP contribution in [0.5, 0.6) is 0 Å². The fraction of sp³-hybridized carbons (Fsp3) is 0. The van der Waals surface area contributed by atoms with E-state index in [1.807, 2.05) is 0 Å². The first-order chi connectivity index (χ1) is 5.59. The average molecular weight is 232 g/mol. The average Bonchev–Trinajstić information content (AvgIpc) is 1.96. The van der Waals surface area contributed by atoms with E-state index in [1.165, 1.54) is 6.07 Å².